The number of hydrogen-bond donors (Lipinski definition) is 1. The van der Waals surface area contributed by atoms with Crippen molar-refractivity contribution >= 4 is 28.6 Å². The van der Waals surface area contributed by atoms with E-state index in [-0.39, 0.29) is 16.2 Å². The molecule has 2 aromatic rings. The molecule has 0 saturated heterocycles. The Morgan fingerprint density at radius 2 is 1.70 bits per heavy atom. The highest BCUT2D eigenvalue weighted by atomic mass is 32.1. The number of nitrogens with two attached hydrogens (primary N) is 1. The monoisotopic (exact) mass is 292 g/mol. The predicted octanol–water partition coefficient (Wildman–Crippen LogP) is 3.68. The van der Waals surface area contributed by atoms with Crippen LogP contribution in [0.5, 0.6) is 0 Å². The number of halogens is 2. The summed E-state index contributed by atoms with van der Waals surface area (Å²) in [6.45, 7) is 1.88. The van der Waals surface area contributed by atoms with Crippen LogP contribution in [0.2, 0.25) is 0 Å². The average molecular weight is 292 g/mol. The Labute approximate surface area is 121 Å². The van der Waals surface area contributed by atoms with Gasteiger partial charge in [0.1, 0.15) is 10.7 Å². The van der Waals surface area contributed by atoms with Crippen LogP contribution in [0.25, 0.3) is 0 Å². The van der Waals surface area contributed by atoms with E-state index in [0.29, 0.717) is 0 Å². The Morgan fingerprint density at radius 1 is 1.15 bits per heavy atom. The van der Waals surface area contributed by atoms with Gasteiger partial charge < -0.3 is 10.6 Å². The highest BCUT2D eigenvalue weighted by Crippen LogP contribution is 2.31. The number of hydrogen-bond acceptors (Lipinski definition) is 2. The zero-order valence-corrected chi connectivity index (χ0v) is 12.0. The van der Waals surface area contributed by atoms with E-state index < -0.39 is 11.6 Å². The fourth-order valence-corrected chi connectivity index (χ4v) is 2.21. The van der Waals surface area contributed by atoms with E-state index in [1.807, 2.05) is 25.1 Å². The van der Waals surface area contributed by atoms with Crippen molar-refractivity contribution in [3.8, 4) is 0 Å². The molecule has 2 N–H and O–H groups in total. The summed E-state index contributed by atoms with van der Waals surface area (Å²) in [6.07, 6.45) is 0. The van der Waals surface area contributed by atoms with Crippen LogP contribution in [0, 0.1) is 18.6 Å². The van der Waals surface area contributed by atoms with Crippen molar-refractivity contribution in [2.75, 3.05) is 11.9 Å². The van der Waals surface area contributed by atoms with E-state index >= 15 is 0 Å². The Balaban J connectivity index is 2.53. The molecule has 0 bridgehead atoms. The van der Waals surface area contributed by atoms with Gasteiger partial charge in [-0.25, -0.2) is 8.78 Å². The lowest BCUT2D eigenvalue weighted by Gasteiger charge is -2.23. The highest BCUT2D eigenvalue weighted by Gasteiger charge is 2.18. The van der Waals surface area contributed by atoms with Crippen molar-refractivity contribution in [1.29, 1.82) is 0 Å². The Bertz CT molecular complexity index is 648. The highest BCUT2D eigenvalue weighted by molar-refractivity contribution is 7.80. The SMILES string of the molecule is Cc1ccccc1N(C)c1c(F)cc(C(N)=S)cc1F. The lowest BCUT2D eigenvalue weighted by Crippen LogP contribution is -2.16. The standard InChI is InChI=1S/C15H14F2N2S/c1-9-5-3-4-6-13(9)19(2)14-11(16)7-10(15(18)20)8-12(14)17/h3-8H,1-2H3,(H2,18,20). The number of benzene rings is 2. The second kappa shape index (κ2) is 5.54. The minimum atomic E-state index is -0.696. The molecule has 0 spiro atoms. The summed E-state index contributed by atoms with van der Waals surface area (Å²) >= 11 is 4.74. The largest absolute Gasteiger partial charge is 0.389 e. The third-order valence-electron chi connectivity index (χ3n) is 3.11. The lowest BCUT2D eigenvalue weighted by atomic mass is 10.1. The summed E-state index contributed by atoms with van der Waals surface area (Å²) in [4.78, 5) is 1.44. The molecular weight excluding hydrogens is 278 g/mol. The van der Waals surface area contributed by atoms with Gasteiger partial charge in [-0.3, -0.25) is 0 Å². The van der Waals surface area contributed by atoms with Gasteiger partial charge in [0.15, 0.2) is 11.6 Å². The molecule has 20 heavy (non-hydrogen) atoms. The van der Waals surface area contributed by atoms with E-state index in [1.165, 1.54) is 4.90 Å². The van der Waals surface area contributed by atoms with Crippen molar-refractivity contribution in [2.24, 2.45) is 5.73 Å². The molecule has 2 rings (SSSR count). The summed E-state index contributed by atoms with van der Waals surface area (Å²) in [5.41, 5.74) is 7.10. The number of thiocarbonyl (C=S) groups is 1. The maximum absolute atomic E-state index is 14.1. The molecule has 0 fully saturated rings. The molecule has 0 aromatic heterocycles. The first kappa shape index (κ1) is 14.4. The maximum atomic E-state index is 14.1. The van der Waals surface area contributed by atoms with Gasteiger partial charge in [0, 0.05) is 18.3 Å². The number of nitrogens with zero attached hydrogens (tertiary/aromatic N) is 1. The Hall–Kier alpha value is -2.01. The van der Waals surface area contributed by atoms with Gasteiger partial charge in [-0.1, -0.05) is 30.4 Å². The van der Waals surface area contributed by atoms with Crippen LogP contribution < -0.4 is 10.6 Å². The number of anilines is 2. The van der Waals surface area contributed by atoms with Crippen LogP contribution in [-0.2, 0) is 0 Å². The maximum Gasteiger partial charge on any atom is 0.150 e. The molecule has 0 unspecified atom stereocenters. The van der Waals surface area contributed by atoms with Crippen LogP contribution in [0.4, 0.5) is 20.2 Å². The second-order valence-electron chi connectivity index (χ2n) is 4.50. The summed E-state index contributed by atoms with van der Waals surface area (Å²) in [6, 6.07) is 9.67. The first-order valence-electron chi connectivity index (χ1n) is 6.00. The molecule has 0 heterocycles. The predicted molar refractivity (Wildman–Crippen MR) is 81.5 cm³/mol. The summed E-state index contributed by atoms with van der Waals surface area (Å²) < 4.78 is 28.3. The molecular formula is C15H14F2N2S. The van der Waals surface area contributed by atoms with Gasteiger partial charge in [-0.2, -0.15) is 0 Å². The average Bonchev–Trinajstić information content (AvgIpc) is 2.38. The van der Waals surface area contributed by atoms with Crippen LogP contribution in [0.3, 0.4) is 0 Å². The van der Waals surface area contributed by atoms with E-state index in [0.717, 1.165) is 23.4 Å². The van der Waals surface area contributed by atoms with Crippen molar-refractivity contribution in [2.45, 2.75) is 6.92 Å². The summed E-state index contributed by atoms with van der Waals surface area (Å²) in [5.74, 6) is -1.39. The molecule has 2 nitrogen and oxygen atoms in total. The van der Waals surface area contributed by atoms with Crippen molar-refractivity contribution in [3.05, 3.63) is 59.2 Å². The van der Waals surface area contributed by atoms with Crippen LogP contribution in [0.15, 0.2) is 36.4 Å². The first-order chi connectivity index (χ1) is 9.41. The quantitative estimate of drug-likeness (QED) is 0.875. The molecule has 0 aliphatic heterocycles. The summed E-state index contributed by atoms with van der Waals surface area (Å²) in [5, 5.41) is 0. The number of para-hydroxylation sites is 1. The molecule has 0 atom stereocenters. The molecule has 0 amide bonds. The van der Waals surface area contributed by atoms with E-state index in [1.54, 1.807) is 13.1 Å². The van der Waals surface area contributed by atoms with Gasteiger partial charge in [-0.05, 0) is 30.7 Å². The van der Waals surface area contributed by atoms with Gasteiger partial charge in [0.2, 0.25) is 0 Å². The van der Waals surface area contributed by atoms with Crippen LogP contribution in [0.1, 0.15) is 11.1 Å². The van der Waals surface area contributed by atoms with Gasteiger partial charge in [0.05, 0.1) is 0 Å². The fourth-order valence-electron chi connectivity index (χ4n) is 2.09. The Morgan fingerprint density at radius 3 is 2.20 bits per heavy atom. The topological polar surface area (TPSA) is 29.3 Å². The molecule has 5 heteroatoms. The third-order valence-corrected chi connectivity index (χ3v) is 3.35. The number of aryl methyl sites for hydroxylation is 1. The fraction of sp³-hybridized carbons (Fsp3) is 0.133. The first-order valence-corrected chi connectivity index (χ1v) is 6.41. The molecule has 104 valence electrons. The zero-order valence-electron chi connectivity index (χ0n) is 11.2. The third kappa shape index (κ3) is 2.63. The second-order valence-corrected chi connectivity index (χ2v) is 4.94. The van der Waals surface area contributed by atoms with Crippen LogP contribution >= 0.6 is 12.2 Å². The molecule has 0 radical (unpaired) electrons. The van der Waals surface area contributed by atoms with Gasteiger partial charge in [0.25, 0.3) is 0 Å². The molecule has 0 aliphatic carbocycles. The van der Waals surface area contributed by atoms with Gasteiger partial charge >= 0.3 is 0 Å². The van der Waals surface area contributed by atoms with Crippen molar-refractivity contribution in [1.82, 2.24) is 0 Å². The summed E-state index contributed by atoms with van der Waals surface area (Å²) in [7, 11) is 1.62. The molecule has 0 saturated carbocycles. The van der Waals surface area contributed by atoms with Gasteiger partial charge in [-0.15, -0.1) is 0 Å². The normalized spacial score (nSPS) is 10.4. The molecule has 2 aromatic carbocycles. The zero-order chi connectivity index (χ0) is 14.9. The van der Waals surface area contributed by atoms with E-state index in [4.69, 9.17) is 18.0 Å². The molecule has 0 aliphatic rings. The lowest BCUT2D eigenvalue weighted by molar-refractivity contribution is 0.583. The van der Waals surface area contributed by atoms with Crippen LogP contribution in [-0.4, -0.2) is 12.0 Å². The van der Waals surface area contributed by atoms with E-state index in [2.05, 4.69) is 0 Å². The van der Waals surface area contributed by atoms with E-state index in [9.17, 15) is 8.78 Å². The Kier molecular flexibility index (Phi) is 3.99. The number of rotatable bonds is 3. The minimum absolute atomic E-state index is 0.0344. The smallest absolute Gasteiger partial charge is 0.150 e. The minimum Gasteiger partial charge on any atom is -0.389 e. The van der Waals surface area contributed by atoms with Crippen molar-refractivity contribution < 1.29 is 8.78 Å². The van der Waals surface area contributed by atoms with Crippen molar-refractivity contribution in [3.63, 3.8) is 0 Å².